The van der Waals surface area contributed by atoms with Gasteiger partial charge in [0.2, 0.25) is 11.6 Å². The summed E-state index contributed by atoms with van der Waals surface area (Å²) in [5, 5.41) is 24.6. The predicted molar refractivity (Wildman–Crippen MR) is 302 cm³/mol. The van der Waals surface area contributed by atoms with Gasteiger partial charge in [0.15, 0.2) is 5.78 Å². The maximum atomic E-state index is 14.3. The number of hydrogen-bond acceptors (Lipinski definition) is 8. The second-order valence-corrected chi connectivity index (χ2v) is 22.1. The molecule has 2 aliphatic rings. The molecule has 0 aromatic heterocycles. The fourth-order valence-corrected chi connectivity index (χ4v) is 11.3. The maximum absolute atomic E-state index is 14.3. The van der Waals surface area contributed by atoms with Crippen molar-refractivity contribution >= 4 is 35.1 Å². The number of nitrogens with two attached hydrogens (primary N) is 2. The summed E-state index contributed by atoms with van der Waals surface area (Å²) in [4.78, 5) is 28.5. The van der Waals surface area contributed by atoms with Gasteiger partial charge in [-0.2, -0.15) is 0 Å². The minimum absolute atomic E-state index is 0.0105. The lowest BCUT2D eigenvalue weighted by Gasteiger charge is -2.42. The van der Waals surface area contributed by atoms with E-state index in [1.165, 1.54) is 153 Å². The maximum Gasteiger partial charge on any atom is 0.235 e. The van der Waals surface area contributed by atoms with Crippen LogP contribution < -0.4 is 20.9 Å². The highest BCUT2D eigenvalue weighted by atomic mass is 16.5. The molecule has 0 unspecified atom stereocenters. The summed E-state index contributed by atoms with van der Waals surface area (Å²) < 4.78 is 12.5. The van der Waals surface area contributed by atoms with Crippen molar-refractivity contribution in [3.05, 3.63) is 131 Å². The molecular formula is C65H90N2O6. The van der Waals surface area contributed by atoms with E-state index >= 15 is 0 Å². The lowest BCUT2D eigenvalue weighted by atomic mass is 9.65. The summed E-state index contributed by atoms with van der Waals surface area (Å²) in [7, 11) is 0. The molecule has 73 heavy (non-hydrogen) atoms. The zero-order valence-corrected chi connectivity index (χ0v) is 44.6. The number of benzene rings is 4. The highest BCUT2D eigenvalue weighted by Crippen LogP contribution is 2.43. The molecule has 8 nitrogen and oxygen atoms in total. The van der Waals surface area contributed by atoms with Crippen molar-refractivity contribution < 1.29 is 29.3 Å². The largest absolute Gasteiger partial charge is 0.493 e. The monoisotopic (exact) mass is 995 g/mol. The highest BCUT2D eigenvalue weighted by Gasteiger charge is 2.54. The van der Waals surface area contributed by atoms with Crippen LogP contribution in [0.3, 0.4) is 0 Å². The summed E-state index contributed by atoms with van der Waals surface area (Å²) in [5.74, 6) is 0.132. The molecular weight excluding hydrogens is 905 g/mol. The van der Waals surface area contributed by atoms with Crippen LogP contribution in [-0.2, 0) is 22.4 Å². The van der Waals surface area contributed by atoms with Crippen LogP contribution in [0.4, 0.5) is 11.4 Å². The average molecular weight is 995 g/mol. The number of carbonyl (C=O) groups excluding carboxylic acids is 2. The molecule has 4 aromatic carbocycles. The van der Waals surface area contributed by atoms with E-state index in [1.807, 2.05) is 48.5 Å². The number of anilines is 2. The Morgan fingerprint density at radius 2 is 0.877 bits per heavy atom. The molecule has 8 heteroatoms. The molecule has 0 amide bonds. The van der Waals surface area contributed by atoms with Gasteiger partial charge < -0.3 is 31.2 Å². The summed E-state index contributed by atoms with van der Waals surface area (Å²) >= 11 is 0. The second-order valence-electron chi connectivity index (χ2n) is 22.1. The van der Waals surface area contributed by atoms with Crippen molar-refractivity contribution in [1.29, 1.82) is 0 Å². The van der Waals surface area contributed by atoms with Crippen LogP contribution in [0, 0.1) is 29.1 Å². The summed E-state index contributed by atoms with van der Waals surface area (Å²) in [6, 6.07) is 29.3. The van der Waals surface area contributed by atoms with Crippen LogP contribution in [-0.4, -0.2) is 40.8 Å². The summed E-state index contributed by atoms with van der Waals surface area (Å²) in [6.45, 7) is 5.94. The topological polar surface area (TPSA) is 145 Å². The van der Waals surface area contributed by atoms with Crippen LogP contribution in [0.15, 0.2) is 109 Å². The van der Waals surface area contributed by atoms with Gasteiger partial charge in [-0.05, 0) is 145 Å². The highest BCUT2D eigenvalue weighted by molar-refractivity contribution is 6.01. The van der Waals surface area contributed by atoms with E-state index in [-0.39, 0.29) is 25.0 Å². The first-order chi connectivity index (χ1) is 35.4. The van der Waals surface area contributed by atoms with Crippen molar-refractivity contribution in [3.63, 3.8) is 0 Å². The lowest BCUT2D eigenvalue weighted by Crippen LogP contribution is -2.57. The zero-order valence-electron chi connectivity index (χ0n) is 44.6. The Hall–Kier alpha value is -5.18. The van der Waals surface area contributed by atoms with E-state index in [1.54, 1.807) is 60.7 Å². The van der Waals surface area contributed by atoms with E-state index in [9.17, 15) is 19.8 Å². The molecule has 0 heterocycles. The smallest absolute Gasteiger partial charge is 0.235 e. The van der Waals surface area contributed by atoms with Gasteiger partial charge >= 0.3 is 0 Å². The first kappa shape index (κ1) is 57.1. The molecule has 396 valence electrons. The number of ketones is 2. The summed E-state index contributed by atoms with van der Waals surface area (Å²) in [5.41, 5.74) is 14.4. The quantitative estimate of drug-likeness (QED) is 0.0164. The molecule has 0 spiro atoms. The first-order valence-corrected chi connectivity index (χ1v) is 28.5. The Bertz CT molecular complexity index is 2200. The first-order valence-electron chi connectivity index (χ1n) is 28.5. The van der Waals surface area contributed by atoms with E-state index in [2.05, 4.69) is 13.8 Å². The van der Waals surface area contributed by atoms with Crippen LogP contribution in [0.1, 0.15) is 184 Å². The molecule has 0 bridgehead atoms. The van der Waals surface area contributed by atoms with Crippen molar-refractivity contribution in [2.24, 2.45) is 29.1 Å². The van der Waals surface area contributed by atoms with Crippen molar-refractivity contribution in [2.75, 3.05) is 24.7 Å². The molecule has 4 aromatic rings. The molecule has 6 N–H and O–H groups in total. The van der Waals surface area contributed by atoms with Crippen LogP contribution in [0.25, 0.3) is 12.2 Å². The van der Waals surface area contributed by atoms with Crippen molar-refractivity contribution in [3.8, 4) is 11.5 Å². The summed E-state index contributed by atoms with van der Waals surface area (Å²) in [6.07, 6.45) is 34.6. The molecule has 2 saturated carbocycles. The molecule has 2 fully saturated rings. The van der Waals surface area contributed by atoms with E-state index < -0.39 is 17.0 Å². The van der Waals surface area contributed by atoms with Gasteiger partial charge in [-0.1, -0.05) is 190 Å². The predicted octanol–water partition coefficient (Wildman–Crippen LogP) is 15.1. The average Bonchev–Trinajstić information content (AvgIpc) is 3.40. The standard InChI is InChI=1S/C65H90N2O6/c1-3-5-7-9-11-13-15-50-17-21-56(22-18-50)48-72-61-40-30-52(31-41-61)29-39-60(68)47-64(45-54-25-35-58(66)36-26-54,46-55-27-37-59(67)38-28-55)65(70,71)63(69)44-34-53-32-42-62(43-33-53)73-49-57-23-19-51(20-24-57)16-14-12-10-8-6-4-2/h25-44,50-51,56-57,70-71H,3-24,45-49,66-67H2,1-2H3. The number of allylic oxidation sites excluding steroid dienone is 1. The Labute approximate surface area is 439 Å². The third-order valence-corrected chi connectivity index (χ3v) is 16.1. The van der Waals surface area contributed by atoms with Crippen LogP contribution in [0.2, 0.25) is 0 Å². The third-order valence-electron chi connectivity index (χ3n) is 16.1. The molecule has 2 aliphatic carbocycles. The molecule has 0 atom stereocenters. The van der Waals surface area contributed by atoms with Crippen molar-refractivity contribution in [1.82, 2.24) is 0 Å². The fourth-order valence-electron chi connectivity index (χ4n) is 11.3. The number of unbranched alkanes of at least 4 members (excludes halogenated alkanes) is 10. The number of aliphatic hydroxyl groups is 2. The number of rotatable bonds is 32. The molecule has 0 saturated heterocycles. The Morgan fingerprint density at radius 3 is 1.29 bits per heavy atom. The fraction of sp³-hybridized carbons (Fsp3) is 0.538. The number of ether oxygens (including phenoxy) is 2. The Kier molecular flexibility index (Phi) is 23.7. The SMILES string of the molecule is CCCCCCCCC1CCC(COc2ccc(C=CC(=O)CC(Cc3ccc(N)cc3)(Cc3ccc(N)cc3)C(O)(O)C(=O)C=Cc3ccc(OCC4CCC(CCCCCCCC)CC4)cc3)cc2)CC1. The lowest BCUT2D eigenvalue weighted by molar-refractivity contribution is -0.230. The number of carbonyl (C=O) groups is 2. The minimum Gasteiger partial charge on any atom is -0.493 e. The minimum atomic E-state index is -2.97. The third kappa shape index (κ3) is 19.2. The van der Waals surface area contributed by atoms with Gasteiger partial charge in [0, 0.05) is 23.2 Å². The molecule has 6 rings (SSSR count). The van der Waals surface area contributed by atoms with E-state index in [0.717, 1.165) is 28.9 Å². The van der Waals surface area contributed by atoms with Gasteiger partial charge in [0.25, 0.3) is 0 Å². The normalized spacial score (nSPS) is 18.6. The van der Waals surface area contributed by atoms with Crippen LogP contribution in [0.5, 0.6) is 11.5 Å². The second kappa shape index (κ2) is 30.3. The number of nitrogen functional groups attached to an aromatic ring is 2. The van der Waals surface area contributed by atoms with Gasteiger partial charge in [0.1, 0.15) is 11.5 Å². The molecule has 0 aliphatic heterocycles. The van der Waals surface area contributed by atoms with Gasteiger partial charge in [-0.25, -0.2) is 0 Å². The molecule has 0 radical (unpaired) electrons. The van der Waals surface area contributed by atoms with Gasteiger partial charge in [-0.15, -0.1) is 0 Å². The Morgan fingerprint density at radius 1 is 0.507 bits per heavy atom. The number of hydrogen-bond donors (Lipinski definition) is 4. The van der Waals surface area contributed by atoms with Gasteiger partial charge in [-0.3, -0.25) is 9.59 Å². The van der Waals surface area contributed by atoms with E-state index in [0.29, 0.717) is 53.1 Å². The zero-order chi connectivity index (χ0) is 51.7. The van der Waals surface area contributed by atoms with Crippen LogP contribution >= 0.6 is 0 Å². The van der Waals surface area contributed by atoms with E-state index in [4.69, 9.17) is 20.9 Å². The Balaban J connectivity index is 1.07. The van der Waals surface area contributed by atoms with Gasteiger partial charge in [0.05, 0.1) is 13.2 Å². The van der Waals surface area contributed by atoms with Crippen molar-refractivity contribution in [2.45, 2.75) is 180 Å².